The number of carbonyl (C=O) groups is 2. The third kappa shape index (κ3) is 5.75. The first kappa shape index (κ1) is 26.7. The number of nitrogens with zero attached hydrogens (tertiary/aromatic N) is 4. The van der Waals surface area contributed by atoms with Crippen LogP contribution in [0.1, 0.15) is 27.9 Å². The van der Waals surface area contributed by atoms with Crippen molar-refractivity contribution in [3.8, 4) is 0 Å². The summed E-state index contributed by atoms with van der Waals surface area (Å²) in [5.74, 6) is -0.0667. The lowest BCUT2D eigenvalue weighted by Crippen LogP contribution is -2.33. The lowest BCUT2D eigenvalue weighted by Gasteiger charge is -2.21. The highest BCUT2D eigenvalue weighted by atomic mass is 32.2. The molecule has 3 heterocycles. The largest absolute Gasteiger partial charge is 0.445 e. The van der Waals surface area contributed by atoms with Crippen LogP contribution in [0, 0.1) is 5.92 Å². The van der Waals surface area contributed by atoms with Crippen molar-refractivity contribution >= 4 is 32.9 Å². The van der Waals surface area contributed by atoms with E-state index < -0.39 is 39.2 Å². The molecule has 206 valence electrons. The van der Waals surface area contributed by atoms with Crippen molar-refractivity contribution < 1.29 is 35.9 Å². The van der Waals surface area contributed by atoms with Crippen LogP contribution in [0.2, 0.25) is 0 Å². The van der Waals surface area contributed by atoms with E-state index in [2.05, 4.69) is 15.4 Å². The highest BCUT2D eigenvalue weighted by Gasteiger charge is 2.34. The van der Waals surface area contributed by atoms with E-state index in [1.165, 1.54) is 4.90 Å². The maximum absolute atomic E-state index is 13.3. The molecular formula is C25H24F3N5O5S. The van der Waals surface area contributed by atoms with Crippen LogP contribution in [0.3, 0.4) is 0 Å². The average Bonchev–Trinajstić information content (AvgIpc) is 3.47. The molecule has 0 bridgehead atoms. The first-order chi connectivity index (χ1) is 18.4. The second-order valence-corrected chi connectivity index (χ2v) is 11.6. The molecule has 1 atom stereocenters. The Labute approximate surface area is 221 Å². The quantitative estimate of drug-likeness (QED) is 0.482. The van der Waals surface area contributed by atoms with Crippen LogP contribution < -0.4 is 0 Å². The Balaban J connectivity index is 1.22. The topological polar surface area (TPSA) is 126 Å². The lowest BCUT2D eigenvalue weighted by molar-refractivity contribution is -0.137. The van der Waals surface area contributed by atoms with Crippen LogP contribution >= 0.6 is 0 Å². The predicted octanol–water partition coefficient (Wildman–Crippen LogP) is 3.42. The summed E-state index contributed by atoms with van der Waals surface area (Å²) < 4.78 is 68.7. The fraction of sp³-hybridized carbons (Fsp3) is 0.360. The number of sulfone groups is 1. The van der Waals surface area contributed by atoms with E-state index in [4.69, 9.17) is 4.74 Å². The highest BCUT2D eigenvalue weighted by Crippen LogP contribution is 2.32. The maximum atomic E-state index is 13.3. The number of hydrogen-bond donors (Lipinski definition) is 1. The molecule has 2 aliphatic heterocycles. The second-order valence-electron chi connectivity index (χ2n) is 9.63. The normalized spacial score (nSPS) is 18.1. The van der Waals surface area contributed by atoms with Crippen molar-refractivity contribution in [1.82, 2.24) is 25.2 Å². The molecule has 2 aromatic carbocycles. The van der Waals surface area contributed by atoms with Gasteiger partial charge in [-0.2, -0.15) is 13.2 Å². The zero-order valence-electron chi connectivity index (χ0n) is 20.7. The van der Waals surface area contributed by atoms with E-state index in [1.54, 1.807) is 23.1 Å². The summed E-state index contributed by atoms with van der Waals surface area (Å²) in [5.41, 5.74) is 1.65. The number of aromatic amines is 1. The van der Waals surface area contributed by atoms with Gasteiger partial charge in [-0.3, -0.25) is 9.89 Å². The molecule has 39 heavy (non-hydrogen) atoms. The van der Waals surface area contributed by atoms with E-state index in [9.17, 15) is 31.2 Å². The molecule has 1 N–H and O–H groups in total. The van der Waals surface area contributed by atoms with Gasteiger partial charge in [-0.15, -0.1) is 5.10 Å². The minimum atomic E-state index is -4.76. The van der Waals surface area contributed by atoms with Gasteiger partial charge in [0.15, 0.2) is 9.84 Å². The number of fused-ring (bicyclic) bond motifs is 2. The fourth-order valence-electron chi connectivity index (χ4n) is 4.77. The van der Waals surface area contributed by atoms with E-state index in [1.807, 2.05) is 6.08 Å². The number of amides is 2. The van der Waals surface area contributed by atoms with Gasteiger partial charge in [0.25, 0.3) is 5.91 Å². The number of ether oxygens (including phenoxy) is 1. The number of nitrogens with one attached hydrogen (secondary N) is 1. The van der Waals surface area contributed by atoms with E-state index in [-0.39, 0.29) is 23.9 Å². The van der Waals surface area contributed by atoms with Gasteiger partial charge in [0, 0.05) is 43.9 Å². The molecule has 0 aliphatic carbocycles. The highest BCUT2D eigenvalue weighted by molar-refractivity contribution is 7.90. The molecule has 14 heteroatoms. The van der Waals surface area contributed by atoms with Crippen LogP contribution in [0.15, 0.2) is 52.9 Å². The van der Waals surface area contributed by atoms with Gasteiger partial charge < -0.3 is 14.5 Å². The third-order valence-electron chi connectivity index (χ3n) is 6.86. The predicted molar refractivity (Wildman–Crippen MR) is 132 cm³/mol. The van der Waals surface area contributed by atoms with E-state index in [0.717, 1.165) is 29.5 Å². The van der Waals surface area contributed by atoms with E-state index in [0.29, 0.717) is 43.2 Å². The fourth-order valence-corrected chi connectivity index (χ4v) is 5.48. The Kier molecular flexibility index (Phi) is 6.83. The van der Waals surface area contributed by atoms with Crippen molar-refractivity contribution in [1.29, 1.82) is 0 Å². The average molecular weight is 564 g/mol. The molecule has 3 aromatic rings. The van der Waals surface area contributed by atoms with Gasteiger partial charge in [-0.1, -0.05) is 11.3 Å². The van der Waals surface area contributed by atoms with Gasteiger partial charge in [-0.05, 0) is 54.0 Å². The molecule has 1 saturated heterocycles. The number of rotatable bonds is 4. The summed E-state index contributed by atoms with van der Waals surface area (Å²) in [7, 11) is -3.91. The zero-order chi connectivity index (χ0) is 27.9. The standard InChI is InChI=1S/C25H24F3N5O5S/c1-39(36,37)20-9-15(8-19(11-20)25(26,27)28)14-38-24(35)32-6-4-17-12-33(13-18(17)5-7-32)23(34)16-2-3-21-22(10-16)30-31-29-21/h2-4,8-11,18H,5-7,12-14H2,1H3,(H,29,30,31)/t18-/m1/s1. The van der Waals surface area contributed by atoms with Crippen LogP contribution in [-0.2, 0) is 27.4 Å². The Morgan fingerprint density at radius 2 is 1.95 bits per heavy atom. The minimum Gasteiger partial charge on any atom is -0.445 e. The van der Waals surface area contributed by atoms with Crippen LogP contribution in [-0.4, -0.2) is 78.1 Å². The smallest absolute Gasteiger partial charge is 0.416 e. The SMILES string of the molecule is CS(=O)(=O)c1cc(COC(=O)N2CC=C3CN(C(=O)c4ccc5[nH]nnc5c4)C[C@H]3CC2)cc(C(F)(F)F)c1. The van der Waals surface area contributed by atoms with Crippen molar-refractivity contribution in [3.05, 3.63) is 64.7 Å². The monoisotopic (exact) mass is 563 g/mol. The summed E-state index contributed by atoms with van der Waals surface area (Å²) in [5, 5.41) is 10.4. The molecule has 0 spiro atoms. The third-order valence-corrected chi connectivity index (χ3v) is 7.95. The molecule has 10 nitrogen and oxygen atoms in total. The zero-order valence-corrected chi connectivity index (χ0v) is 21.6. The van der Waals surface area contributed by atoms with Crippen LogP contribution in [0.4, 0.5) is 18.0 Å². The number of alkyl halides is 3. The van der Waals surface area contributed by atoms with Gasteiger partial charge >= 0.3 is 12.3 Å². The van der Waals surface area contributed by atoms with Gasteiger partial charge in [0.1, 0.15) is 12.1 Å². The van der Waals surface area contributed by atoms with Crippen molar-refractivity contribution in [3.63, 3.8) is 0 Å². The van der Waals surface area contributed by atoms with Crippen LogP contribution in [0.25, 0.3) is 11.0 Å². The number of benzene rings is 2. The summed E-state index contributed by atoms with van der Waals surface area (Å²) in [6.07, 6.45) is -2.22. The minimum absolute atomic E-state index is 0.0586. The number of likely N-dealkylation sites (tertiary alicyclic amines) is 1. The van der Waals surface area contributed by atoms with Gasteiger partial charge in [-0.25, -0.2) is 13.2 Å². The van der Waals surface area contributed by atoms with Crippen LogP contribution in [0.5, 0.6) is 0 Å². The maximum Gasteiger partial charge on any atom is 0.416 e. The number of hydrogen-bond acceptors (Lipinski definition) is 7. The van der Waals surface area contributed by atoms with Crippen molar-refractivity contribution in [2.24, 2.45) is 5.92 Å². The summed E-state index contributed by atoms with van der Waals surface area (Å²) in [4.78, 5) is 28.4. The van der Waals surface area contributed by atoms with E-state index >= 15 is 0 Å². The number of H-pyrrole nitrogens is 1. The van der Waals surface area contributed by atoms with Gasteiger partial charge in [0.2, 0.25) is 0 Å². The molecule has 1 aromatic heterocycles. The van der Waals surface area contributed by atoms with Crippen molar-refractivity contribution in [2.45, 2.75) is 24.1 Å². The second kappa shape index (κ2) is 9.98. The first-order valence-electron chi connectivity index (χ1n) is 12.0. The number of halogens is 3. The first-order valence-corrected chi connectivity index (χ1v) is 13.9. The molecule has 2 amide bonds. The number of carbonyl (C=O) groups excluding carboxylic acids is 2. The Morgan fingerprint density at radius 1 is 1.15 bits per heavy atom. The summed E-state index contributed by atoms with van der Waals surface area (Å²) in [6.45, 7) is 0.937. The summed E-state index contributed by atoms with van der Waals surface area (Å²) >= 11 is 0. The molecule has 1 fully saturated rings. The molecule has 0 saturated carbocycles. The molecular weight excluding hydrogens is 539 g/mol. The Morgan fingerprint density at radius 3 is 2.69 bits per heavy atom. The molecule has 0 radical (unpaired) electrons. The Bertz CT molecular complexity index is 1580. The number of aromatic nitrogens is 3. The van der Waals surface area contributed by atoms with Gasteiger partial charge in [0.05, 0.1) is 16.0 Å². The Hall–Kier alpha value is -3.94. The lowest BCUT2D eigenvalue weighted by atomic mass is 10.00. The van der Waals surface area contributed by atoms with Crippen molar-refractivity contribution in [2.75, 3.05) is 32.4 Å². The molecule has 2 aliphatic rings. The molecule has 0 unspecified atom stereocenters. The molecule has 5 rings (SSSR count). The summed E-state index contributed by atoms with van der Waals surface area (Å²) in [6, 6.07) is 7.54.